The molecule has 1 amide bonds. The molecule has 0 aliphatic rings. The summed E-state index contributed by atoms with van der Waals surface area (Å²) in [6.07, 6.45) is 0. The molecule has 0 unspecified atom stereocenters. The summed E-state index contributed by atoms with van der Waals surface area (Å²) >= 11 is 2.13. The quantitative estimate of drug-likeness (QED) is 0.519. The van der Waals surface area contributed by atoms with Crippen molar-refractivity contribution < 1.29 is 13.6 Å². The molecule has 1 rings (SSSR count). The van der Waals surface area contributed by atoms with Gasteiger partial charge in [0.05, 0.1) is 0 Å². The van der Waals surface area contributed by atoms with Gasteiger partial charge in [-0.3, -0.25) is 4.79 Å². The van der Waals surface area contributed by atoms with Gasteiger partial charge in [-0.2, -0.15) is 13.9 Å². The van der Waals surface area contributed by atoms with Crippen LogP contribution >= 0.6 is 15.9 Å². The smallest absolute Gasteiger partial charge is 0.267 e. The third kappa shape index (κ3) is 3.69. The summed E-state index contributed by atoms with van der Waals surface area (Å²) in [5.41, 5.74) is 1.89. The molecule has 0 atom stereocenters. The van der Waals surface area contributed by atoms with Crippen LogP contribution in [0.4, 0.5) is 8.78 Å². The number of hydrogen-bond acceptors (Lipinski definition) is 2. The van der Waals surface area contributed by atoms with E-state index in [1.807, 2.05) is 5.43 Å². The minimum absolute atomic E-state index is 0.358. The second-order valence-electron chi connectivity index (χ2n) is 3.00. The van der Waals surface area contributed by atoms with Crippen molar-refractivity contribution in [1.82, 2.24) is 5.43 Å². The highest BCUT2D eigenvalue weighted by atomic mass is 79.9. The Balaban J connectivity index is 2.67. The lowest BCUT2D eigenvalue weighted by Crippen LogP contribution is -2.24. The maximum atomic E-state index is 12.6. The average Bonchev–Trinajstić information content (AvgIpc) is 2.25. The van der Waals surface area contributed by atoms with E-state index < -0.39 is 16.5 Å². The molecule has 0 aliphatic carbocycles. The van der Waals surface area contributed by atoms with E-state index in [9.17, 15) is 13.6 Å². The van der Waals surface area contributed by atoms with Crippen molar-refractivity contribution in [2.75, 3.05) is 0 Å². The molecule has 16 heavy (non-hydrogen) atoms. The normalized spacial score (nSPS) is 12.4. The van der Waals surface area contributed by atoms with Crippen molar-refractivity contribution >= 4 is 27.5 Å². The SMILES string of the molecule is C/C(=N/NC(=O)c1ccccc1)C(F)(F)Br. The number of hydrogen-bond donors (Lipinski definition) is 1. The number of alkyl halides is 3. The number of carbonyl (C=O) groups excluding carboxylic acids is 1. The Kier molecular flexibility index (Phi) is 4.12. The van der Waals surface area contributed by atoms with Crippen molar-refractivity contribution in [3.8, 4) is 0 Å². The van der Waals surface area contributed by atoms with Gasteiger partial charge in [-0.25, -0.2) is 5.43 Å². The van der Waals surface area contributed by atoms with E-state index in [2.05, 4.69) is 21.0 Å². The van der Waals surface area contributed by atoms with Crippen LogP contribution in [0.1, 0.15) is 17.3 Å². The predicted octanol–water partition coefficient (Wildman–Crippen LogP) is 2.78. The number of carbonyl (C=O) groups is 1. The maximum Gasteiger partial charge on any atom is 0.340 e. The van der Waals surface area contributed by atoms with Crippen LogP contribution in [-0.2, 0) is 0 Å². The van der Waals surface area contributed by atoms with E-state index in [-0.39, 0.29) is 0 Å². The van der Waals surface area contributed by atoms with E-state index in [4.69, 9.17) is 0 Å². The highest BCUT2D eigenvalue weighted by Gasteiger charge is 2.28. The lowest BCUT2D eigenvalue weighted by Gasteiger charge is -2.07. The van der Waals surface area contributed by atoms with Crippen LogP contribution in [0, 0.1) is 0 Å². The van der Waals surface area contributed by atoms with Crippen molar-refractivity contribution in [3.63, 3.8) is 0 Å². The summed E-state index contributed by atoms with van der Waals surface area (Å²) in [5.74, 6) is -0.531. The molecule has 0 fully saturated rings. The molecule has 1 aromatic rings. The van der Waals surface area contributed by atoms with E-state index in [0.29, 0.717) is 5.56 Å². The zero-order valence-corrected chi connectivity index (χ0v) is 9.96. The summed E-state index contributed by atoms with van der Waals surface area (Å²) in [4.78, 5) is 8.19. The fourth-order valence-electron chi connectivity index (χ4n) is 0.852. The molecule has 0 saturated carbocycles. The van der Waals surface area contributed by atoms with Gasteiger partial charge in [0, 0.05) is 5.56 Å². The molecule has 0 saturated heterocycles. The Labute approximate surface area is 99.7 Å². The summed E-state index contributed by atoms with van der Waals surface area (Å²) in [5, 5.41) is 3.29. The number of nitrogens with one attached hydrogen (secondary N) is 1. The second kappa shape index (κ2) is 5.16. The van der Waals surface area contributed by atoms with Crippen LogP contribution in [0.3, 0.4) is 0 Å². The molecule has 1 aromatic carbocycles. The molecular formula is C10H9BrF2N2O. The Morgan fingerprint density at radius 1 is 1.38 bits per heavy atom. The zero-order valence-electron chi connectivity index (χ0n) is 8.38. The van der Waals surface area contributed by atoms with Crippen LogP contribution in [0.15, 0.2) is 35.4 Å². The van der Waals surface area contributed by atoms with Crippen LogP contribution in [-0.4, -0.2) is 16.5 Å². The minimum Gasteiger partial charge on any atom is -0.267 e. The highest BCUT2D eigenvalue weighted by molar-refractivity contribution is 9.10. The molecule has 0 radical (unpaired) electrons. The Hall–Kier alpha value is -1.30. The largest absolute Gasteiger partial charge is 0.340 e. The molecule has 86 valence electrons. The molecule has 3 nitrogen and oxygen atoms in total. The minimum atomic E-state index is -3.21. The van der Waals surface area contributed by atoms with Gasteiger partial charge in [0.2, 0.25) is 0 Å². The fraction of sp³-hybridized carbons (Fsp3) is 0.200. The van der Waals surface area contributed by atoms with Gasteiger partial charge < -0.3 is 0 Å². The van der Waals surface area contributed by atoms with E-state index in [1.54, 1.807) is 30.3 Å². The fourth-order valence-corrected chi connectivity index (χ4v) is 0.941. The average molecular weight is 291 g/mol. The number of rotatable bonds is 3. The maximum absolute atomic E-state index is 12.6. The summed E-state index contributed by atoms with van der Waals surface area (Å²) in [6.45, 7) is 1.11. The molecule has 0 aromatic heterocycles. The third-order valence-electron chi connectivity index (χ3n) is 1.77. The van der Waals surface area contributed by atoms with Crippen LogP contribution < -0.4 is 5.43 Å². The van der Waals surface area contributed by atoms with Gasteiger partial charge in [0.25, 0.3) is 5.91 Å². The van der Waals surface area contributed by atoms with Gasteiger partial charge in [-0.05, 0) is 35.0 Å². The van der Waals surface area contributed by atoms with Crippen molar-refractivity contribution in [2.24, 2.45) is 5.10 Å². The van der Waals surface area contributed by atoms with Crippen LogP contribution in [0.2, 0.25) is 0 Å². The van der Waals surface area contributed by atoms with Crippen molar-refractivity contribution in [2.45, 2.75) is 11.8 Å². The first-order valence-corrected chi connectivity index (χ1v) is 5.17. The lowest BCUT2D eigenvalue weighted by atomic mass is 10.2. The Morgan fingerprint density at radius 2 is 1.94 bits per heavy atom. The van der Waals surface area contributed by atoms with Gasteiger partial charge in [0.1, 0.15) is 5.71 Å². The molecule has 0 bridgehead atoms. The summed E-state index contributed by atoms with van der Waals surface area (Å²) in [7, 11) is 0. The number of nitrogens with zero attached hydrogens (tertiary/aromatic N) is 1. The monoisotopic (exact) mass is 290 g/mol. The number of benzene rings is 1. The summed E-state index contributed by atoms with van der Waals surface area (Å²) in [6, 6.07) is 8.21. The predicted molar refractivity (Wildman–Crippen MR) is 60.9 cm³/mol. The number of hydrazone groups is 1. The second-order valence-corrected chi connectivity index (χ2v) is 4.00. The van der Waals surface area contributed by atoms with Crippen LogP contribution in [0.25, 0.3) is 0 Å². The molecule has 0 heterocycles. The van der Waals surface area contributed by atoms with E-state index in [0.717, 1.165) is 6.92 Å². The third-order valence-corrected chi connectivity index (χ3v) is 2.35. The molecule has 0 aliphatic heterocycles. The lowest BCUT2D eigenvalue weighted by molar-refractivity contribution is 0.0953. The standard InChI is InChI=1S/C10H9BrF2N2O/c1-7(10(11,12)13)14-15-9(16)8-5-3-2-4-6-8/h2-6H,1H3,(H,15,16)/b14-7-. The van der Waals surface area contributed by atoms with Gasteiger partial charge >= 0.3 is 4.83 Å². The van der Waals surface area contributed by atoms with E-state index in [1.165, 1.54) is 0 Å². The topological polar surface area (TPSA) is 41.5 Å². The first-order chi connectivity index (χ1) is 7.41. The molecular weight excluding hydrogens is 282 g/mol. The van der Waals surface area contributed by atoms with Gasteiger partial charge in [-0.15, -0.1) is 0 Å². The molecule has 6 heteroatoms. The van der Waals surface area contributed by atoms with Crippen molar-refractivity contribution in [3.05, 3.63) is 35.9 Å². The number of halogens is 3. The molecule has 0 spiro atoms. The Bertz CT molecular complexity index is 401. The summed E-state index contributed by atoms with van der Waals surface area (Å²) < 4.78 is 25.2. The number of amides is 1. The van der Waals surface area contributed by atoms with E-state index >= 15 is 0 Å². The van der Waals surface area contributed by atoms with Gasteiger partial charge in [0.15, 0.2) is 0 Å². The molecule has 1 N–H and O–H groups in total. The first-order valence-electron chi connectivity index (χ1n) is 4.38. The zero-order chi connectivity index (χ0) is 12.2. The Morgan fingerprint density at radius 3 is 2.44 bits per heavy atom. The van der Waals surface area contributed by atoms with Crippen molar-refractivity contribution in [1.29, 1.82) is 0 Å². The van der Waals surface area contributed by atoms with Crippen LogP contribution in [0.5, 0.6) is 0 Å². The van der Waals surface area contributed by atoms with Gasteiger partial charge in [-0.1, -0.05) is 18.2 Å². The highest BCUT2D eigenvalue weighted by Crippen LogP contribution is 2.22. The first kappa shape index (κ1) is 12.8.